The van der Waals surface area contributed by atoms with Crippen molar-refractivity contribution in [3.05, 3.63) is 29.8 Å². The van der Waals surface area contributed by atoms with E-state index < -0.39 is 0 Å². The number of halogens is 1. The molecule has 0 aliphatic carbocycles. The molecule has 0 spiro atoms. The molecular weight excluding hydrogens is 302 g/mol. The standard InChI is InChI=1S/C16H23N3O2.ClH/c1-2-8-18-16(21)12-5-3-6-14(10-12)19-15(20)11-13-7-4-9-17-13;/h3,5-6,10,13,17H,2,4,7-9,11H2,1H3,(H,18,21)(H,19,20);1H. The predicted octanol–water partition coefficient (Wildman–Crippen LogP) is 2.33. The van der Waals surface area contributed by atoms with Crippen molar-refractivity contribution in [1.29, 1.82) is 0 Å². The van der Waals surface area contributed by atoms with Crippen molar-refractivity contribution in [3.8, 4) is 0 Å². The van der Waals surface area contributed by atoms with Gasteiger partial charge in [-0.2, -0.15) is 0 Å². The van der Waals surface area contributed by atoms with Crippen LogP contribution in [0.3, 0.4) is 0 Å². The summed E-state index contributed by atoms with van der Waals surface area (Å²) in [5.74, 6) is -0.120. The van der Waals surface area contributed by atoms with Crippen LogP contribution in [0.2, 0.25) is 0 Å². The Balaban J connectivity index is 0.00000242. The summed E-state index contributed by atoms with van der Waals surface area (Å²) in [5, 5.41) is 8.99. The SMILES string of the molecule is CCCNC(=O)c1cccc(NC(=O)CC2CCCN2)c1.Cl. The molecule has 0 saturated carbocycles. The van der Waals surface area contributed by atoms with Crippen LogP contribution in [-0.4, -0.2) is 30.9 Å². The molecule has 6 heteroatoms. The average molecular weight is 326 g/mol. The Morgan fingerprint density at radius 2 is 2.18 bits per heavy atom. The minimum atomic E-state index is -0.106. The van der Waals surface area contributed by atoms with Gasteiger partial charge in [-0.1, -0.05) is 13.0 Å². The highest BCUT2D eigenvalue weighted by Crippen LogP contribution is 2.13. The highest BCUT2D eigenvalue weighted by molar-refractivity contribution is 5.97. The molecule has 2 amide bonds. The molecule has 1 heterocycles. The van der Waals surface area contributed by atoms with Gasteiger partial charge in [0.25, 0.3) is 5.91 Å². The summed E-state index contributed by atoms with van der Waals surface area (Å²) < 4.78 is 0. The van der Waals surface area contributed by atoms with Crippen LogP contribution in [0.25, 0.3) is 0 Å². The Morgan fingerprint density at radius 1 is 1.36 bits per heavy atom. The topological polar surface area (TPSA) is 70.2 Å². The highest BCUT2D eigenvalue weighted by Gasteiger charge is 2.17. The van der Waals surface area contributed by atoms with Crippen LogP contribution in [0.15, 0.2) is 24.3 Å². The van der Waals surface area contributed by atoms with E-state index in [0.717, 1.165) is 25.8 Å². The van der Waals surface area contributed by atoms with E-state index in [-0.39, 0.29) is 30.3 Å². The highest BCUT2D eigenvalue weighted by atomic mass is 35.5. The molecule has 22 heavy (non-hydrogen) atoms. The Morgan fingerprint density at radius 3 is 2.86 bits per heavy atom. The number of anilines is 1. The third-order valence-electron chi connectivity index (χ3n) is 3.54. The zero-order chi connectivity index (χ0) is 15.1. The lowest BCUT2D eigenvalue weighted by Gasteiger charge is -2.11. The van der Waals surface area contributed by atoms with E-state index in [1.807, 2.05) is 6.92 Å². The average Bonchev–Trinajstić information content (AvgIpc) is 2.97. The predicted molar refractivity (Wildman–Crippen MR) is 90.6 cm³/mol. The van der Waals surface area contributed by atoms with Crippen LogP contribution in [0.4, 0.5) is 5.69 Å². The first-order chi connectivity index (χ1) is 10.2. The number of hydrogen-bond donors (Lipinski definition) is 3. The van der Waals surface area contributed by atoms with E-state index >= 15 is 0 Å². The summed E-state index contributed by atoms with van der Waals surface area (Å²) >= 11 is 0. The second-order valence-corrected chi connectivity index (χ2v) is 5.38. The van der Waals surface area contributed by atoms with Crippen molar-refractivity contribution < 1.29 is 9.59 Å². The molecule has 1 aliphatic heterocycles. The Bertz CT molecular complexity index is 502. The maximum Gasteiger partial charge on any atom is 0.251 e. The molecule has 2 rings (SSSR count). The fourth-order valence-electron chi connectivity index (χ4n) is 2.45. The molecule has 122 valence electrons. The summed E-state index contributed by atoms with van der Waals surface area (Å²) in [6.07, 6.45) is 3.56. The van der Waals surface area contributed by atoms with Crippen molar-refractivity contribution in [2.75, 3.05) is 18.4 Å². The summed E-state index contributed by atoms with van der Waals surface area (Å²) in [6, 6.07) is 7.33. The molecule has 0 aromatic heterocycles. The number of carbonyl (C=O) groups excluding carboxylic acids is 2. The number of amides is 2. The number of nitrogens with one attached hydrogen (secondary N) is 3. The normalized spacial score (nSPS) is 16.7. The Kier molecular flexibility index (Phi) is 7.91. The van der Waals surface area contributed by atoms with Gasteiger partial charge in [0.05, 0.1) is 0 Å². The second-order valence-electron chi connectivity index (χ2n) is 5.38. The van der Waals surface area contributed by atoms with Gasteiger partial charge in [0.2, 0.25) is 5.91 Å². The number of benzene rings is 1. The van der Waals surface area contributed by atoms with Gasteiger partial charge < -0.3 is 16.0 Å². The van der Waals surface area contributed by atoms with Gasteiger partial charge in [-0.3, -0.25) is 9.59 Å². The quantitative estimate of drug-likeness (QED) is 0.752. The number of hydrogen-bond acceptors (Lipinski definition) is 3. The van der Waals surface area contributed by atoms with E-state index in [4.69, 9.17) is 0 Å². The van der Waals surface area contributed by atoms with E-state index in [2.05, 4.69) is 16.0 Å². The van der Waals surface area contributed by atoms with Gasteiger partial charge in [0, 0.05) is 30.3 Å². The fraction of sp³-hybridized carbons (Fsp3) is 0.500. The summed E-state index contributed by atoms with van der Waals surface area (Å²) in [5.41, 5.74) is 1.24. The van der Waals surface area contributed by atoms with Crippen LogP contribution < -0.4 is 16.0 Å². The first-order valence-electron chi connectivity index (χ1n) is 7.60. The van der Waals surface area contributed by atoms with Gasteiger partial charge >= 0.3 is 0 Å². The minimum Gasteiger partial charge on any atom is -0.352 e. The molecule has 1 saturated heterocycles. The van der Waals surface area contributed by atoms with Crippen molar-refractivity contribution in [2.45, 2.75) is 38.6 Å². The van der Waals surface area contributed by atoms with Crippen molar-refractivity contribution >= 4 is 29.9 Å². The Labute approximate surface area is 137 Å². The van der Waals surface area contributed by atoms with Crippen LogP contribution in [0.5, 0.6) is 0 Å². The lowest BCUT2D eigenvalue weighted by atomic mass is 10.1. The van der Waals surface area contributed by atoms with Gasteiger partial charge in [-0.15, -0.1) is 12.4 Å². The molecule has 1 aliphatic rings. The second kappa shape index (κ2) is 9.43. The smallest absolute Gasteiger partial charge is 0.251 e. The molecule has 1 aromatic rings. The monoisotopic (exact) mass is 325 g/mol. The summed E-state index contributed by atoms with van der Waals surface area (Å²) in [7, 11) is 0. The summed E-state index contributed by atoms with van der Waals surface area (Å²) in [4.78, 5) is 23.9. The van der Waals surface area contributed by atoms with Crippen LogP contribution in [-0.2, 0) is 4.79 Å². The lowest BCUT2D eigenvalue weighted by molar-refractivity contribution is -0.116. The first kappa shape index (κ1) is 18.5. The molecule has 3 N–H and O–H groups in total. The van der Waals surface area contributed by atoms with Crippen LogP contribution in [0, 0.1) is 0 Å². The van der Waals surface area contributed by atoms with Gasteiger partial charge in [0.15, 0.2) is 0 Å². The van der Waals surface area contributed by atoms with E-state index in [1.54, 1.807) is 24.3 Å². The van der Waals surface area contributed by atoms with E-state index in [1.165, 1.54) is 0 Å². The molecule has 1 atom stereocenters. The summed E-state index contributed by atoms with van der Waals surface area (Å²) in [6.45, 7) is 3.65. The molecule has 0 bridgehead atoms. The Hall–Kier alpha value is -1.59. The van der Waals surface area contributed by atoms with Gasteiger partial charge in [0.1, 0.15) is 0 Å². The third kappa shape index (κ3) is 5.66. The maximum absolute atomic E-state index is 12.0. The lowest BCUT2D eigenvalue weighted by Crippen LogP contribution is -2.27. The molecular formula is C16H24ClN3O2. The molecule has 1 fully saturated rings. The fourth-order valence-corrected chi connectivity index (χ4v) is 2.45. The van der Waals surface area contributed by atoms with Crippen molar-refractivity contribution in [2.24, 2.45) is 0 Å². The molecule has 5 nitrogen and oxygen atoms in total. The van der Waals surface area contributed by atoms with Crippen LogP contribution in [0.1, 0.15) is 43.0 Å². The van der Waals surface area contributed by atoms with E-state index in [0.29, 0.717) is 24.2 Å². The molecule has 1 aromatic carbocycles. The zero-order valence-electron chi connectivity index (χ0n) is 12.9. The molecule has 0 radical (unpaired) electrons. The first-order valence-corrected chi connectivity index (χ1v) is 7.60. The third-order valence-corrected chi connectivity index (χ3v) is 3.54. The van der Waals surface area contributed by atoms with Crippen molar-refractivity contribution in [3.63, 3.8) is 0 Å². The largest absolute Gasteiger partial charge is 0.352 e. The van der Waals surface area contributed by atoms with Crippen molar-refractivity contribution in [1.82, 2.24) is 10.6 Å². The van der Waals surface area contributed by atoms with Crippen LogP contribution >= 0.6 is 12.4 Å². The number of rotatable bonds is 6. The minimum absolute atomic E-state index is 0. The maximum atomic E-state index is 12.0. The van der Waals surface area contributed by atoms with Gasteiger partial charge in [-0.05, 0) is 44.0 Å². The van der Waals surface area contributed by atoms with Gasteiger partial charge in [-0.25, -0.2) is 0 Å². The zero-order valence-corrected chi connectivity index (χ0v) is 13.7. The number of carbonyl (C=O) groups is 2. The molecule has 1 unspecified atom stereocenters. The van der Waals surface area contributed by atoms with E-state index in [9.17, 15) is 9.59 Å².